The Morgan fingerprint density at radius 1 is 0.968 bits per heavy atom. The predicted molar refractivity (Wildman–Crippen MR) is 124 cm³/mol. The molecule has 0 aliphatic heterocycles. The van der Waals surface area contributed by atoms with Crippen molar-refractivity contribution in [3.8, 4) is 11.3 Å². The molecule has 0 bridgehead atoms. The third-order valence-electron chi connectivity index (χ3n) is 4.81. The minimum Gasteiger partial charge on any atom is -0.326 e. The summed E-state index contributed by atoms with van der Waals surface area (Å²) in [6, 6.07) is 15.5. The number of benzene rings is 2. The van der Waals surface area contributed by atoms with E-state index < -0.39 is 12.1 Å². The van der Waals surface area contributed by atoms with E-state index in [4.69, 9.17) is 0 Å². The molecule has 3 amide bonds. The van der Waals surface area contributed by atoms with Crippen molar-refractivity contribution in [3.05, 3.63) is 72.4 Å². The number of rotatable bonds is 6. The second-order valence-electron chi connectivity index (χ2n) is 7.47. The molecule has 0 fully saturated rings. The van der Waals surface area contributed by atoms with E-state index in [9.17, 15) is 9.59 Å². The van der Waals surface area contributed by atoms with Gasteiger partial charge in [-0.1, -0.05) is 44.2 Å². The largest absolute Gasteiger partial charge is 0.326 e. The van der Waals surface area contributed by atoms with Crippen molar-refractivity contribution in [3.63, 3.8) is 0 Å². The Hall–Kier alpha value is -3.65. The Balaban J connectivity index is 1.40. The summed E-state index contributed by atoms with van der Waals surface area (Å²) in [5, 5.41) is 10.4. The van der Waals surface area contributed by atoms with Crippen LogP contribution in [0.5, 0.6) is 0 Å². The quantitative estimate of drug-likeness (QED) is 0.406. The van der Waals surface area contributed by atoms with Gasteiger partial charge < -0.3 is 16.0 Å². The molecule has 0 saturated heterocycles. The van der Waals surface area contributed by atoms with Crippen molar-refractivity contribution in [1.82, 2.24) is 14.7 Å². The number of anilines is 2. The molecule has 0 aliphatic rings. The fourth-order valence-corrected chi connectivity index (χ4v) is 3.88. The zero-order chi connectivity index (χ0) is 21.8. The summed E-state index contributed by atoms with van der Waals surface area (Å²) in [5.74, 6) is -0.354. The molecule has 0 saturated carbocycles. The van der Waals surface area contributed by atoms with Gasteiger partial charge in [0.05, 0.1) is 5.69 Å². The van der Waals surface area contributed by atoms with Crippen LogP contribution in [0.25, 0.3) is 16.2 Å². The van der Waals surface area contributed by atoms with Crippen LogP contribution in [0.3, 0.4) is 0 Å². The van der Waals surface area contributed by atoms with Crippen molar-refractivity contribution >= 4 is 39.6 Å². The average Bonchev–Trinajstić information content (AvgIpc) is 3.35. The lowest BCUT2D eigenvalue weighted by atomic mass is 10.0. The molecule has 7 nitrogen and oxygen atoms in total. The van der Waals surface area contributed by atoms with Gasteiger partial charge in [-0.3, -0.25) is 9.20 Å². The minimum absolute atomic E-state index is 0.0840. The van der Waals surface area contributed by atoms with E-state index >= 15 is 0 Å². The molecule has 0 radical (unpaired) electrons. The molecule has 1 unspecified atom stereocenters. The zero-order valence-corrected chi connectivity index (χ0v) is 18.0. The van der Waals surface area contributed by atoms with Crippen LogP contribution in [0.15, 0.2) is 72.4 Å². The van der Waals surface area contributed by atoms with Crippen LogP contribution in [-0.2, 0) is 4.79 Å². The van der Waals surface area contributed by atoms with Crippen LogP contribution in [0, 0.1) is 5.92 Å². The SMILES string of the molecule is CC(C)C(NC(=O)Nc1ccccc1)C(=O)Nc1ccc(-c2cn3ccsc3n2)cc1. The van der Waals surface area contributed by atoms with Gasteiger partial charge in [-0.05, 0) is 30.2 Å². The molecule has 4 aromatic rings. The molecular weight excluding hydrogens is 410 g/mol. The average molecular weight is 434 g/mol. The molecule has 31 heavy (non-hydrogen) atoms. The number of para-hydroxylation sites is 1. The van der Waals surface area contributed by atoms with Gasteiger partial charge in [0, 0.05) is 34.7 Å². The number of amides is 3. The molecular formula is C23H23N5O2S. The second kappa shape index (κ2) is 9.01. The van der Waals surface area contributed by atoms with Gasteiger partial charge in [0.2, 0.25) is 5.91 Å². The number of carbonyl (C=O) groups excluding carboxylic acids is 2. The number of imidazole rings is 1. The van der Waals surface area contributed by atoms with Crippen molar-refractivity contribution in [2.24, 2.45) is 5.92 Å². The first-order valence-corrected chi connectivity index (χ1v) is 10.8. The summed E-state index contributed by atoms with van der Waals surface area (Å²) in [6.07, 6.45) is 3.95. The zero-order valence-electron chi connectivity index (χ0n) is 17.2. The molecule has 2 aromatic carbocycles. The van der Waals surface area contributed by atoms with Gasteiger partial charge in [0.25, 0.3) is 0 Å². The highest BCUT2D eigenvalue weighted by Crippen LogP contribution is 2.23. The molecule has 1 atom stereocenters. The lowest BCUT2D eigenvalue weighted by Crippen LogP contribution is -2.48. The molecule has 0 aliphatic carbocycles. The van der Waals surface area contributed by atoms with E-state index in [0.29, 0.717) is 11.4 Å². The van der Waals surface area contributed by atoms with Gasteiger partial charge in [0.15, 0.2) is 4.96 Å². The summed E-state index contributed by atoms with van der Waals surface area (Å²) >= 11 is 1.58. The maximum absolute atomic E-state index is 12.8. The summed E-state index contributed by atoms with van der Waals surface area (Å²) in [4.78, 5) is 30.7. The standard InChI is InChI=1S/C23H23N5O2S/c1-15(2)20(27-22(30)25-17-6-4-3-5-7-17)21(29)24-18-10-8-16(9-11-18)19-14-28-12-13-31-23(28)26-19/h3-15,20H,1-2H3,(H,24,29)(H2,25,27,30). The Labute approximate surface area is 184 Å². The molecule has 8 heteroatoms. The summed E-state index contributed by atoms with van der Waals surface area (Å²) in [5.41, 5.74) is 3.17. The number of nitrogens with one attached hydrogen (secondary N) is 3. The van der Waals surface area contributed by atoms with Crippen LogP contribution in [0.2, 0.25) is 0 Å². The number of hydrogen-bond donors (Lipinski definition) is 3. The molecule has 3 N–H and O–H groups in total. The predicted octanol–water partition coefficient (Wildman–Crippen LogP) is 4.85. The number of fused-ring (bicyclic) bond motifs is 1. The van der Waals surface area contributed by atoms with Crippen molar-refractivity contribution in [2.45, 2.75) is 19.9 Å². The van der Waals surface area contributed by atoms with E-state index in [1.165, 1.54) is 0 Å². The first-order valence-electron chi connectivity index (χ1n) is 9.95. The van der Waals surface area contributed by atoms with E-state index in [2.05, 4.69) is 20.9 Å². The van der Waals surface area contributed by atoms with Crippen molar-refractivity contribution < 1.29 is 9.59 Å². The van der Waals surface area contributed by atoms with E-state index in [-0.39, 0.29) is 11.8 Å². The first-order chi connectivity index (χ1) is 15.0. The van der Waals surface area contributed by atoms with Crippen LogP contribution in [0.4, 0.5) is 16.2 Å². The molecule has 158 valence electrons. The Morgan fingerprint density at radius 3 is 2.35 bits per heavy atom. The molecule has 2 aromatic heterocycles. The van der Waals surface area contributed by atoms with Crippen molar-refractivity contribution in [2.75, 3.05) is 10.6 Å². The van der Waals surface area contributed by atoms with E-state index in [0.717, 1.165) is 16.2 Å². The van der Waals surface area contributed by atoms with E-state index in [1.54, 1.807) is 23.5 Å². The second-order valence-corrected chi connectivity index (χ2v) is 8.34. The smallest absolute Gasteiger partial charge is 0.319 e. The van der Waals surface area contributed by atoms with Gasteiger partial charge in [-0.15, -0.1) is 11.3 Å². The molecule has 2 heterocycles. The highest BCUT2D eigenvalue weighted by atomic mass is 32.1. The number of nitrogens with zero attached hydrogens (tertiary/aromatic N) is 2. The van der Waals surface area contributed by atoms with Crippen LogP contribution in [0.1, 0.15) is 13.8 Å². The topological polar surface area (TPSA) is 87.5 Å². The van der Waals surface area contributed by atoms with Gasteiger partial charge in [-0.25, -0.2) is 9.78 Å². The monoisotopic (exact) mass is 433 g/mol. The Kier molecular flexibility index (Phi) is 5.99. The Bertz CT molecular complexity index is 1150. The van der Waals surface area contributed by atoms with Crippen molar-refractivity contribution in [1.29, 1.82) is 0 Å². The van der Waals surface area contributed by atoms with Crippen LogP contribution >= 0.6 is 11.3 Å². The van der Waals surface area contributed by atoms with Gasteiger partial charge in [-0.2, -0.15) is 0 Å². The van der Waals surface area contributed by atoms with Gasteiger partial charge in [0.1, 0.15) is 6.04 Å². The lowest BCUT2D eigenvalue weighted by Gasteiger charge is -2.22. The lowest BCUT2D eigenvalue weighted by molar-refractivity contribution is -0.118. The third kappa shape index (κ3) is 4.92. The fourth-order valence-electron chi connectivity index (χ4n) is 3.18. The Morgan fingerprint density at radius 2 is 1.68 bits per heavy atom. The number of aromatic nitrogens is 2. The summed E-state index contributed by atoms with van der Waals surface area (Å²) in [6.45, 7) is 3.78. The number of urea groups is 1. The number of carbonyl (C=O) groups is 2. The molecule has 0 spiro atoms. The maximum atomic E-state index is 12.8. The minimum atomic E-state index is -0.677. The molecule has 4 rings (SSSR count). The van der Waals surface area contributed by atoms with E-state index in [1.807, 2.05) is 78.5 Å². The van der Waals surface area contributed by atoms with Crippen LogP contribution < -0.4 is 16.0 Å². The normalized spacial score (nSPS) is 12.0. The summed E-state index contributed by atoms with van der Waals surface area (Å²) in [7, 11) is 0. The van der Waals surface area contributed by atoms with Crippen LogP contribution in [-0.4, -0.2) is 27.4 Å². The third-order valence-corrected chi connectivity index (χ3v) is 5.58. The first kappa shape index (κ1) is 20.6. The fraction of sp³-hybridized carbons (Fsp3) is 0.174. The highest BCUT2D eigenvalue weighted by molar-refractivity contribution is 7.15. The number of thiazole rings is 1. The van der Waals surface area contributed by atoms with Gasteiger partial charge >= 0.3 is 6.03 Å². The number of hydrogen-bond acceptors (Lipinski definition) is 4. The summed E-state index contributed by atoms with van der Waals surface area (Å²) < 4.78 is 1.98. The maximum Gasteiger partial charge on any atom is 0.319 e. The highest BCUT2D eigenvalue weighted by Gasteiger charge is 2.24.